The first-order valence-electron chi connectivity index (χ1n) is 10.1. The van der Waals surface area contributed by atoms with Gasteiger partial charge in [0, 0.05) is 16.7 Å². The number of nitrogen functional groups attached to an aromatic ring is 1. The summed E-state index contributed by atoms with van der Waals surface area (Å²) in [5, 5.41) is 13.1. The fourth-order valence-electron chi connectivity index (χ4n) is 3.15. The number of benzene rings is 1. The number of nitriles is 1. The van der Waals surface area contributed by atoms with E-state index in [1.54, 1.807) is 24.4 Å². The van der Waals surface area contributed by atoms with Crippen molar-refractivity contribution in [2.45, 2.75) is 39.7 Å². The standard InChI is InChI=1S/C24H26N8/c1-15-16(12-25)7-5-9-18(15)19-11-20(31-23(26)30-19)21(32-27)14-28-13-17-8-6-10-22(29-17)24(2,3)4/h5-11,14H,13,27H2,1-4H3,(H2,26,30,31)/b28-14?,32-21+. The number of hydrogen-bond donors (Lipinski definition) is 2. The number of pyridine rings is 1. The third-order valence-corrected chi connectivity index (χ3v) is 4.92. The Morgan fingerprint density at radius 2 is 1.88 bits per heavy atom. The molecule has 0 aliphatic carbocycles. The van der Waals surface area contributed by atoms with Gasteiger partial charge < -0.3 is 11.6 Å². The lowest BCUT2D eigenvalue weighted by Gasteiger charge is -2.17. The second-order valence-corrected chi connectivity index (χ2v) is 8.33. The molecule has 0 fully saturated rings. The summed E-state index contributed by atoms with van der Waals surface area (Å²) in [6.45, 7) is 8.59. The third kappa shape index (κ3) is 5.13. The van der Waals surface area contributed by atoms with E-state index in [9.17, 15) is 5.26 Å². The Morgan fingerprint density at radius 3 is 2.56 bits per heavy atom. The molecule has 162 valence electrons. The first kappa shape index (κ1) is 22.6. The van der Waals surface area contributed by atoms with Crippen molar-refractivity contribution in [2.24, 2.45) is 15.9 Å². The summed E-state index contributed by atoms with van der Waals surface area (Å²) < 4.78 is 0. The largest absolute Gasteiger partial charge is 0.368 e. The molecule has 2 heterocycles. The van der Waals surface area contributed by atoms with Gasteiger partial charge >= 0.3 is 0 Å². The van der Waals surface area contributed by atoms with E-state index in [2.05, 4.69) is 51.9 Å². The third-order valence-electron chi connectivity index (χ3n) is 4.92. The summed E-state index contributed by atoms with van der Waals surface area (Å²) in [5.41, 5.74) is 11.3. The lowest BCUT2D eigenvalue weighted by Crippen LogP contribution is -2.14. The van der Waals surface area contributed by atoms with Gasteiger partial charge in [-0.15, -0.1) is 0 Å². The zero-order valence-electron chi connectivity index (χ0n) is 18.7. The van der Waals surface area contributed by atoms with E-state index < -0.39 is 0 Å². The van der Waals surface area contributed by atoms with Crippen LogP contribution >= 0.6 is 0 Å². The summed E-state index contributed by atoms with van der Waals surface area (Å²) in [5.74, 6) is 5.69. The van der Waals surface area contributed by atoms with Gasteiger partial charge in [-0.2, -0.15) is 10.4 Å². The molecule has 0 bridgehead atoms. The van der Waals surface area contributed by atoms with Crippen molar-refractivity contribution < 1.29 is 0 Å². The van der Waals surface area contributed by atoms with Gasteiger partial charge in [0.2, 0.25) is 5.95 Å². The predicted molar refractivity (Wildman–Crippen MR) is 127 cm³/mol. The predicted octanol–water partition coefficient (Wildman–Crippen LogP) is 3.53. The van der Waals surface area contributed by atoms with Crippen molar-refractivity contribution in [1.82, 2.24) is 15.0 Å². The zero-order chi connectivity index (χ0) is 23.3. The second kappa shape index (κ2) is 9.35. The Balaban J connectivity index is 1.88. The fourth-order valence-corrected chi connectivity index (χ4v) is 3.15. The molecule has 1 aromatic carbocycles. The van der Waals surface area contributed by atoms with Crippen LogP contribution < -0.4 is 11.6 Å². The van der Waals surface area contributed by atoms with Gasteiger partial charge in [0.15, 0.2) is 0 Å². The van der Waals surface area contributed by atoms with Gasteiger partial charge in [-0.3, -0.25) is 9.98 Å². The lowest BCUT2D eigenvalue weighted by molar-refractivity contribution is 0.565. The maximum absolute atomic E-state index is 9.31. The molecule has 0 saturated carbocycles. The van der Waals surface area contributed by atoms with Crippen molar-refractivity contribution in [2.75, 3.05) is 5.73 Å². The van der Waals surface area contributed by atoms with Crippen LogP contribution in [0.1, 0.15) is 49.0 Å². The van der Waals surface area contributed by atoms with Gasteiger partial charge in [0.1, 0.15) is 5.71 Å². The minimum atomic E-state index is -0.0422. The molecular weight excluding hydrogens is 400 g/mol. The van der Waals surface area contributed by atoms with E-state index >= 15 is 0 Å². The lowest BCUT2D eigenvalue weighted by atomic mass is 9.91. The van der Waals surface area contributed by atoms with Crippen LogP contribution in [0.2, 0.25) is 0 Å². The average molecular weight is 427 g/mol. The molecule has 0 radical (unpaired) electrons. The molecule has 2 aromatic heterocycles. The van der Waals surface area contributed by atoms with Crippen molar-refractivity contribution >= 4 is 17.9 Å². The minimum Gasteiger partial charge on any atom is -0.368 e. The molecule has 0 atom stereocenters. The second-order valence-electron chi connectivity index (χ2n) is 8.33. The van der Waals surface area contributed by atoms with E-state index in [0.29, 0.717) is 29.2 Å². The van der Waals surface area contributed by atoms with E-state index in [1.165, 1.54) is 0 Å². The summed E-state index contributed by atoms with van der Waals surface area (Å²) in [6.07, 6.45) is 1.55. The van der Waals surface area contributed by atoms with E-state index in [-0.39, 0.29) is 11.4 Å². The summed E-state index contributed by atoms with van der Waals surface area (Å²) >= 11 is 0. The first-order valence-corrected chi connectivity index (χ1v) is 10.1. The summed E-state index contributed by atoms with van der Waals surface area (Å²) in [4.78, 5) is 17.7. The summed E-state index contributed by atoms with van der Waals surface area (Å²) in [6, 6.07) is 15.3. The molecule has 8 heteroatoms. The highest BCUT2D eigenvalue weighted by Crippen LogP contribution is 2.25. The molecule has 0 spiro atoms. The van der Waals surface area contributed by atoms with E-state index in [1.807, 2.05) is 31.2 Å². The fraction of sp³-hybridized carbons (Fsp3) is 0.250. The number of aliphatic imine (C=N–C) groups is 1. The average Bonchev–Trinajstić information content (AvgIpc) is 2.76. The number of aromatic nitrogens is 3. The van der Waals surface area contributed by atoms with Crippen LogP contribution in [-0.4, -0.2) is 26.9 Å². The normalized spacial score (nSPS) is 12.2. The van der Waals surface area contributed by atoms with Gasteiger partial charge in [-0.1, -0.05) is 39.0 Å². The molecule has 8 nitrogen and oxygen atoms in total. The number of hydrogen-bond acceptors (Lipinski definition) is 8. The minimum absolute atomic E-state index is 0.0422. The number of anilines is 1. The van der Waals surface area contributed by atoms with E-state index in [0.717, 1.165) is 22.5 Å². The van der Waals surface area contributed by atoms with Gasteiger partial charge in [-0.25, -0.2) is 9.97 Å². The Labute approximate surface area is 187 Å². The smallest absolute Gasteiger partial charge is 0.221 e. The molecule has 32 heavy (non-hydrogen) atoms. The van der Waals surface area contributed by atoms with Crippen molar-refractivity contribution in [3.05, 3.63) is 70.7 Å². The highest BCUT2D eigenvalue weighted by molar-refractivity contribution is 6.37. The van der Waals surface area contributed by atoms with Gasteiger partial charge in [-0.05, 0) is 36.8 Å². The maximum atomic E-state index is 9.31. The molecule has 3 rings (SSSR count). The quantitative estimate of drug-likeness (QED) is 0.363. The molecular formula is C24H26N8. The maximum Gasteiger partial charge on any atom is 0.221 e. The Kier molecular flexibility index (Phi) is 6.59. The van der Waals surface area contributed by atoms with Gasteiger partial charge in [0.05, 0.1) is 41.5 Å². The molecule has 0 aliphatic heterocycles. The molecule has 0 aliphatic rings. The van der Waals surface area contributed by atoms with Crippen LogP contribution in [-0.2, 0) is 12.0 Å². The van der Waals surface area contributed by atoms with Gasteiger partial charge in [0.25, 0.3) is 0 Å². The zero-order valence-corrected chi connectivity index (χ0v) is 18.7. The van der Waals surface area contributed by atoms with Crippen LogP contribution in [0, 0.1) is 18.3 Å². The van der Waals surface area contributed by atoms with Crippen LogP contribution in [0.15, 0.2) is 52.6 Å². The van der Waals surface area contributed by atoms with Crippen LogP contribution in [0.3, 0.4) is 0 Å². The number of nitrogens with two attached hydrogens (primary N) is 2. The number of rotatable bonds is 5. The Bertz CT molecular complexity index is 1230. The molecule has 0 saturated heterocycles. The van der Waals surface area contributed by atoms with Crippen molar-refractivity contribution in [1.29, 1.82) is 5.26 Å². The van der Waals surface area contributed by atoms with Crippen LogP contribution in [0.5, 0.6) is 0 Å². The van der Waals surface area contributed by atoms with Crippen molar-refractivity contribution in [3.8, 4) is 17.3 Å². The monoisotopic (exact) mass is 426 g/mol. The Hall–Kier alpha value is -4.12. The highest BCUT2D eigenvalue weighted by Gasteiger charge is 2.15. The van der Waals surface area contributed by atoms with Crippen molar-refractivity contribution in [3.63, 3.8) is 0 Å². The molecule has 4 N–H and O–H groups in total. The Morgan fingerprint density at radius 1 is 1.12 bits per heavy atom. The topological polar surface area (TPSA) is 139 Å². The number of hydrazone groups is 1. The summed E-state index contributed by atoms with van der Waals surface area (Å²) in [7, 11) is 0. The molecule has 0 unspecified atom stereocenters. The molecule has 3 aromatic rings. The van der Waals surface area contributed by atoms with E-state index in [4.69, 9.17) is 11.6 Å². The molecule has 0 amide bonds. The van der Waals surface area contributed by atoms with Crippen LogP contribution in [0.25, 0.3) is 11.3 Å². The van der Waals surface area contributed by atoms with Crippen LogP contribution in [0.4, 0.5) is 5.95 Å². The SMILES string of the molecule is Cc1c(C#N)cccc1-c1cc(/C(C=NCc2cccc(C(C)(C)C)n2)=N/N)nc(N)n1. The first-order chi connectivity index (χ1) is 15.2. The number of nitrogens with zero attached hydrogens (tertiary/aromatic N) is 6. The highest BCUT2D eigenvalue weighted by atomic mass is 15.1.